The van der Waals surface area contributed by atoms with Crippen LogP contribution in [0.5, 0.6) is 0 Å². The van der Waals surface area contributed by atoms with Crippen molar-refractivity contribution in [2.45, 2.75) is 29.5 Å². The number of benzene rings is 2. The molecule has 192 valence electrons. The fourth-order valence-corrected chi connectivity index (χ4v) is 6.33. The maximum atomic E-state index is 13.8. The molecule has 1 amide bonds. The molecule has 2 aliphatic rings. The molecule has 1 atom stereocenters. The lowest BCUT2D eigenvalue weighted by molar-refractivity contribution is -0.116. The monoisotopic (exact) mass is 566 g/mol. The van der Waals surface area contributed by atoms with E-state index in [-0.39, 0.29) is 28.6 Å². The molecule has 8 nitrogen and oxygen atoms in total. The second kappa shape index (κ2) is 10.9. The predicted molar refractivity (Wildman–Crippen MR) is 145 cm³/mol. The number of aromatic nitrogens is 2. The Morgan fingerprint density at radius 1 is 1.24 bits per heavy atom. The van der Waals surface area contributed by atoms with Crippen LogP contribution in [0.2, 0.25) is 5.02 Å². The molecular weight excluding hydrogens is 547 g/mol. The van der Waals surface area contributed by atoms with Crippen LogP contribution in [-0.2, 0) is 9.59 Å². The first-order valence-electron chi connectivity index (χ1n) is 11.6. The van der Waals surface area contributed by atoms with E-state index >= 15 is 0 Å². The fourth-order valence-electron chi connectivity index (χ4n) is 4.52. The van der Waals surface area contributed by atoms with Crippen molar-refractivity contribution in [3.8, 4) is 6.07 Å². The van der Waals surface area contributed by atoms with Gasteiger partial charge in [-0.25, -0.2) is 4.39 Å². The molecule has 1 unspecified atom stereocenters. The summed E-state index contributed by atoms with van der Waals surface area (Å²) < 4.78 is 14.3. The Bertz CT molecular complexity index is 1530. The molecular formula is C26H20ClFN6O2S2. The molecule has 1 aromatic heterocycles. The number of nitrogens with one attached hydrogen (secondary N) is 1. The molecule has 3 aromatic rings. The van der Waals surface area contributed by atoms with Gasteiger partial charge in [0, 0.05) is 22.7 Å². The summed E-state index contributed by atoms with van der Waals surface area (Å²) in [5.74, 6) is -1.38. The highest BCUT2D eigenvalue weighted by Gasteiger charge is 2.41. The van der Waals surface area contributed by atoms with E-state index in [1.165, 1.54) is 23.5 Å². The van der Waals surface area contributed by atoms with Gasteiger partial charge in [-0.15, -0.1) is 10.2 Å². The van der Waals surface area contributed by atoms with E-state index in [1.54, 1.807) is 41.3 Å². The van der Waals surface area contributed by atoms with Gasteiger partial charge in [-0.05, 0) is 42.7 Å². The average Bonchev–Trinajstić information content (AvgIpc) is 3.37. The van der Waals surface area contributed by atoms with Crippen LogP contribution >= 0.6 is 34.7 Å². The van der Waals surface area contributed by atoms with Gasteiger partial charge < -0.3 is 11.1 Å². The van der Waals surface area contributed by atoms with Crippen LogP contribution in [-0.4, -0.2) is 27.6 Å². The van der Waals surface area contributed by atoms with Gasteiger partial charge in [-0.1, -0.05) is 59.0 Å². The van der Waals surface area contributed by atoms with Crippen molar-refractivity contribution in [2.24, 2.45) is 5.73 Å². The minimum absolute atomic E-state index is 0.0111. The molecule has 1 aliphatic carbocycles. The first-order chi connectivity index (χ1) is 18.4. The number of anilines is 2. The van der Waals surface area contributed by atoms with E-state index in [2.05, 4.69) is 21.6 Å². The van der Waals surface area contributed by atoms with Gasteiger partial charge in [0.15, 0.2) is 10.1 Å². The van der Waals surface area contributed by atoms with Crippen molar-refractivity contribution in [1.82, 2.24) is 10.2 Å². The molecule has 0 bridgehead atoms. The van der Waals surface area contributed by atoms with E-state index in [0.717, 1.165) is 17.3 Å². The van der Waals surface area contributed by atoms with Crippen LogP contribution < -0.4 is 16.0 Å². The zero-order chi connectivity index (χ0) is 26.8. The number of Topliss-reactive ketones (excluding diaryl/α,β-unsaturated/α-hetero) is 1. The van der Waals surface area contributed by atoms with Gasteiger partial charge in [0.25, 0.3) is 0 Å². The number of allylic oxidation sites excluding steroid dienone is 3. The number of thioether (sulfide) groups is 1. The quantitative estimate of drug-likeness (QED) is 0.382. The maximum Gasteiger partial charge on any atom is 0.234 e. The van der Waals surface area contributed by atoms with Gasteiger partial charge in [0.05, 0.1) is 29.0 Å². The summed E-state index contributed by atoms with van der Waals surface area (Å²) >= 11 is 8.40. The van der Waals surface area contributed by atoms with Crippen molar-refractivity contribution in [3.63, 3.8) is 0 Å². The normalized spacial score (nSPS) is 17.3. The highest BCUT2D eigenvalue weighted by Crippen LogP contribution is 2.47. The van der Waals surface area contributed by atoms with E-state index in [9.17, 15) is 19.2 Å². The maximum absolute atomic E-state index is 13.8. The molecule has 0 saturated carbocycles. The Labute approximate surface area is 231 Å². The first kappa shape index (κ1) is 25.9. The highest BCUT2D eigenvalue weighted by molar-refractivity contribution is 8.01. The van der Waals surface area contributed by atoms with E-state index < -0.39 is 17.6 Å². The van der Waals surface area contributed by atoms with Crippen LogP contribution in [0.1, 0.15) is 30.7 Å². The summed E-state index contributed by atoms with van der Waals surface area (Å²) in [5, 5.41) is 22.0. The third-order valence-corrected chi connectivity index (χ3v) is 8.47. The number of amides is 1. The fraction of sp³-hybridized carbons (Fsp3) is 0.192. The smallest absolute Gasteiger partial charge is 0.234 e. The number of halogens is 2. The molecule has 12 heteroatoms. The number of para-hydroxylation sites is 1. The summed E-state index contributed by atoms with van der Waals surface area (Å²) in [5.41, 5.74) is 8.87. The van der Waals surface area contributed by atoms with E-state index in [0.29, 0.717) is 45.0 Å². The average molecular weight is 567 g/mol. The lowest BCUT2D eigenvalue weighted by Gasteiger charge is -2.38. The Hall–Kier alpha value is -3.72. The second-order valence-electron chi connectivity index (χ2n) is 8.54. The number of carbonyl (C=O) groups is 2. The van der Waals surface area contributed by atoms with Crippen molar-refractivity contribution in [1.29, 1.82) is 5.26 Å². The molecule has 38 heavy (non-hydrogen) atoms. The Morgan fingerprint density at radius 3 is 2.74 bits per heavy atom. The molecule has 2 heterocycles. The van der Waals surface area contributed by atoms with E-state index in [1.807, 2.05) is 0 Å². The molecule has 0 spiro atoms. The molecule has 3 N–H and O–H groups in total. The number of carbonyl (C=O) groups excluding carboxylic acids is 2. The van der Waals surface area contributed by atoms with Crippen LogP contribution in [0.3, 0.4) is 0 Å². The zero-order valence-electron chi connectivity index (χ0n) is 19.8. The topological polar surface area (TPSA) is 125 Å². The summed E-state index contributed by atoms with van der Waals surface area (Å²) in [6.07, 6.45) is 1.61. The van der Waals surface area contributed by atoms with Gasteiger partial charge in [-0.3, -0.25) is 14.5 Å². The number of ketones is 1. The third kappa shape index (κ3) is 5.03. The molecule has 2 aromatic carbocycles. The summed E-state index contributed by atoms with van der Waals surface area (Å²) in [7, 11) is 0. The van der Waals surface area contributed by atoms with Crippen LogP contribution in [0.15, 0.2) is 75.5 Å². The third-order valence-electron chi connectivity index (χ3n) is 6.18. The van der Waals surface area contributed by atoms with Crippen LogP contribution in [0, 0.1) is 17.1 Å². The second-order valence-corrected chi connectivity index (χ2v) is 11.1. The Balaban J connectivity index is 1.42. The SMILES string of the molecule is N#CC1=C(N)N(c2nnc(SCC(=O)Nc3ccccc3F)s2)C2=C(C(=O)CCC2)C1c1ccc(Cl)cc1. The van der Waals surface area contributed by atoms with Crippen molar-refractivity contribution in [2.75, 3.05) is 16.0 Å². The van der Waals surface area contributed by atoms with Crippen LogP contribution in [0.25, 0.3) is 0 Å². The van der Waals surface area contributed by atoms with Crippen molar-refractivity contribution < 1.29 is 14.0 Å². The number of hydrogen-bond acceptors (Lipinski definition) is 9. The lowest BCUT2D eigenvalue weighted by Crippen LogP contribution is -2.38. The molecule has 0 saturated heterocycles. The number of nitriles is 1. The van der Waals surface area contributed by atoms with Crippen molar-refractivity contribution >= 4 is 57.2 Å². The Kier molecular flexibility index (Phi) is 7.46. The first-order valence-corrected chi connectivity index (χ1v) is 13.8. The number of hydrogen-bond donors (Lipinski definition) is 2. The van der Waals surface area contributed by atoms with Gasteiger partial charge >= 0.3 is 0 Å². The van der Waals surface area contributed by atoms with E-state index in [4.69, 9.17) is 17.3 Å². The highest BCUT2D eigenvalue weighted by atomic mass is 35.5. The minimum Gasteiger partial charge on any atom is -0.384 e. The predicted octanol–water partition coefficient (Wildman–Crippen LogP) is 5.37. The largest absolute Gasteiger partial charge is 0.384 e. The van der Waals surface area contributed by atoms with Gasteiger partial charge in [-0.2, -0.15) is 5.26 Å². The number of nitrogens with zero attached hydrogens (tertiary/aromatic N) is 4. The summed E-state index contributed by atoms with van der Waals surface area (Å²) in [6.45, 7) is 0. The molecule has 0 radical (unpaired) electrons. The standard InChI is InChI=1S/C26H20ClFN6O2S2/c27-15-10-8-14(9-11-15)22-16(12-29)24(30)34(19-6-3-7-20(35)23(19)22)25-32-33-26(38-25)37-13-21(36)31-18-5-2-1-4-17(18)28/h1-2,4-5,8-11,22H,3,6-7,13,30H2,(H,31,36). The minimum atomic E-state index is -0.597. The summed E-state index contributed by atoms with van der Waals surface area (Å²) in [6, 6.07) is 15.2. The lowest BCUT2D eigenvalue weighted by atomic mass is 9.76. The van der Waals surface area contributed by atoms with Crippen molar-refractivity contribution in [3.05, 3.63) is 87.6 Å². The Morgan fingerprint density at radius 2 is 2.00 bits per heavy atom. The summed E-state index contributed by atoms with van der Waals surface area (Å²) in [4.78, 5) is 27.2. The number of nitrogens with two attached hydrogens (primary N) is 1. The van der Waals surface area contributed by atoms with Crippen LogP contribution in [0.4, 0.5) is 15.2 Å². The van der Waals surface area contributed by atoms with Gasteiger partial charge in [0.2, 0.25) is 11.0 Å². The number of rotatable bonds is 6. The van der Waals surface area contributed by atoms with Gasteiger partial charge in [0.1, 0.15) is 11.6 Å². The molecule has 0 fully saturated rings. The molecule has 1 aliphatic heterocycles. The zero-order valence-corrected chi connectivity index (χ0v) is 22.2. The molecule has 5 rings (SSSR count).